The van der Waals surface area contributed by atoms with E-state index in [1.165, 1.54) is 0 Å². The molecule has 0 bridgehead atoms. The van der Waals surface area contributed by atoms with Crippen molar-refractivity contribution in [2.45, 2.75) is 34.1 Å². The number of rotatable bonds is 5. The minimum absolute atomic E-state index is 0.00153. The van der Waals surface area contributed by atoms with Crippen LogP contribution in [0.15, 0.2) is 24.3 Å². The molecule has 1 aromatic rings. The lowest BCUT2D eigenvalue weighted by atomic mass is 9.80. The average molecular weight is 274 g/mol. The largest absolute Gasteiger partial charge is 0.479 e. The van der Waals surface area contributed by atoms with Gasteiger partial charge in [-0.25, -0.2) is 0 Å². The van der Waals surface area contributed by atoms with E-state index >= 15 is 0 Å². The van der Waals surface area contributed by atoms with Crippen molar-refractivity contribution in [3.05, 3.63) is 24.3 Å². The number of benzene rings is 1. The summed E-state index contributed by atoms with van der Waals surface area (Å²) in [4.78, 5) is 12.0. The molecule has 0 aromatic heterocycles. The Morgan fingerprint density at radius 1 is 1.45 bits per heavy atom. The van der Waals surface area contributed by atoms with Crippen LogP contribution in [0.4, 0.5) is 5.69 Å². The van der Waals surface area contributed by atoms with E-state index in [1.807, 2.05) is 6.07 Å². The van der Waals surface area contributed by atoms with Gasteiger partial charge in [-0.15, -0.1) is 0 Å². The molecule has 1 amide bonds. The van der Waals surface area contributed by atoms with Crippen LogP contribution < -0.4 is 10.1 Å². The Balaban J connectivity index is 2.60. The number of nitrogens with one attached hydrogen (secondary N) is 1. The first-order valence-electron chi connectivity index (χ1n) is 6.72. The second-order valence-electron chi connectivity index (χ2n) is 5.99. The van der Waals surface area contributed by atoms with Gasteiger partial charge in [0.15, 0.2) is 6.61 Å². The smallest absolute Gasteiger partial charge is 0.224 e. The maximum Gasteiger partial charge on any atom is 0.224 e. The van der Waals surface area contributed by atoms with Crippen molar-refractivity contribution in [3.63, 3.8) is 0 Å². The van der Waals surface area contributed by atoms with Crippen molar-refractivity contribution in [2.75, 3.05) is 11.9 Å². The van der Waals surface area contributed by atoms with Gasteiger partial charge in [-0.2, -0.15) is 5.26 Å². The standard InChI is InChI=1S/C16H22N2O2/c1-12(16(2,3)4)10-15(19)18-13-6-5-7-14(11-13)20-9-8-17/h5-7,11-12H,9-10H2,1-4H3,(H,18,19). The van der Waals surface area contributed by atoms with Gasteiger partial charge >= 0.3 is 0 Å². The molecule has 0 aliphatic carbocycles. The van der Waals surface area contributed by atoms with E-state index in [-0.39, 0.29) is 17.9 Å². The van der Waals surface area contributed by atoms with Crippen LogP contribution in [0.5, 0.6) is 5.75 Å². The van der Waals surface area contributed by atoms with Gasteiger partial charge in [0.25, 0.3) is 0 Å². The molecule has 0 aliphatic heterocycles. The number of hydrogen-bond acceptors (Lipinski definition) is 3. The van der Waals surface area contributed by atoms with Crippen LogP contribution in [0.25, 0.3) is 0 Å². The number of carbonyl (C=O) groups excluding carboxylic acids is 1. The van der Waals surface area contributed by atoms with Crippen molar-refractivity contribution in [1.29, 1.82) is 5.26 Å². The minimum atomic E-state index is -0.00939. The summed E-state index contributed by atoms with van der Waals surface area (Å²) in [5, 5.41) is 11.3. The van der Waals surface area contributed by atoms with Crippen LogP contribution in [0.1, 0.15) is 34.1 Å². The van der Waals surface area contributed by atoms with Crippen LogP contribution in [-0.2, 0) is 4.79 Å². The molecule has 20 heavy (non-hydrogen) atoms. The first-order chi connectivity index (χ1) is 9.32. The number of ether oxygens (including phenoxy) is 1. The average Bonchev–Trinajstić information content (AvgIpc) is 2.35. The van der Waals surface area contributed by atoms with Crippen molar-refractivity contribution >= 4 is 11.6 Å². The third-order valence-corrected chi connectivity index (χ3v) is 3.39. The second-order valence-corrected chi connectivity index (χ2v) is 5.99. The summed E-state index contributed by atoms with van der Waals surface area (Å²) in [5.74, 6) is 0.860. The van der Waals surface area contributed by atoms with E-state index in [4.69, 9.17) is 10.00 Å². The zero-order valence-electron chi connectivity index (χ0n) is 12.6. The van der Waals surface area contributed by atoms with E-state index in [1.54, 1.807) is 24.3 Å². The van der Waals surface area contributed by atoms with Gasteiger partial charge in [0.05, 0.1) is 0 Å². The second kappa shape index (κ2) is 6.95. The molecular weight excluding hydrogens is 252 g/mol. The van der Waals surface area contributed by atoms with Gasteiger partial charge in [0, 0.05) is 18.2 Å². The van der Waals surface area contributed by atoms with Crippen molar-refractivity contribution in [3.8, 4) is 11.8 Å². The monoisotopic (exact) mass is 274 g/mol. The predicted molar refractivity (Wildman–Crippen MR) is 79.4 cm³/mol. The molecule has 0 spiro atoms. The van der Waals surface area contributed by atoms with Gasteiger partial charge in [-0.1, -0.05) is 33.8 Å². The maximum atomic E-state index is 12.0. The number of amides is 1. The van der Waals surface area contributed by atoms with E-state index in [2.05, 4.69) is 33.0 Å². The number of carbonyl (C=O) groups is 1. The number of nitrogens with zero attached hydrogens (tertiary/aromatic N) is 1. The Morgan fingerprint density at radius 3 is 2.75 bits per heavy atom. The normalized spacial score (nSPS) is 12.3. The quantitative estimate of drug-likeness (QED) is 0.892. The van der Waals surface area contributed by atoms with Crippen molar-refractivity contribution in [2.24, 2.45) is 11.3 Å². The van der Waals surface area contributed by atoms with Crippen LogP contribution >= 0.6 is 0 Å². The van der Waals surface area contributed by atoms with Gasteiger partial charge in [-0.05, 0) is 23.5 Å². The highest BCUT2D eigenvalue weighted by atomic mass is 16.5. The third kappa shape index (κ3) is 5.31. The summed E-state index contributed by atoms with van der Waals surface area (Å²) in [6, 6.07) is 8.98. The summed E-state index contributed by atoms with van der Waals surface area (Å²) in [5.41, 5.74) is 0.793. The van der Waals surface area contributed by atoms with Crippen LogP contribution in [0, 0.1) is 22.7 Å². The lowest BCUT2D eigenvalue weighted by Crippen LogP contribution is -2.23. The van der Waals surface area contributed by atoms with E-state index in [0.29, 0.717) is 23.8 Å². The SMILES string of the molecule is CC(CC(=O)Nc1cccc(OCC#N)c1)C(C)(C)C. The Morgan fingerprint density at radius 2 is 2.15 bits per heavy atom. The number of anilines is 1. The molecular formula is C16H22N2O2. The van der Waals surface area contributed by atoms with E-state index in [9.17, 15) is 4.79 Å². The highest BCUT2D eigenvalue weighted by molar-refractivity contribution is 5.91. The molecule has 108 valence electrons. The molecule has 0 saturated heterocycles. The number of nitriles is 1. The van der Waals surface area contributed by atoms with Gasteiger partial charge in [-0.3, -0.25) is 4.79 Å². The Bertz CT molecular complexity index is 498. The highest BCUT2D eigenvalue weighted by Crippen LogP contribution is 2.28. The van der Waals surface area contributed by atoms with Crippen LogP contribution in [-0.4, -0.2) is 12.5 Å². The predicted octanol–water partition coefficient (Wildman–Crippen LogP) is 3.60. The lowest BCUT2D eigenvalue weighted by Gasteiger charge is -2.26. The van der Waals surface area contributed by atoms with Crippen LogP contribution in [0.2, 0.25) is 0 Å². The van der Waals surface area contributed by atoms with Gasteiger partial charge < -0.3 is 10.1 Å². The summed E-state index contributed by atoms with van der Waals surface area (Å²) >= 11 is 0. The van der Waals surface area contributed by atoms with Gasteiger partial charge in [0.1, 0.15) is 11.8 Å². The van der Waals surface area contributed by atoms with E-state index in [0.717, 1.165) is 0 Å². The highest BCUT2D eigenvalue weighted by Gasteiger charge is 2.22. The molecule has 4 heteroatoms. The van der Waals surface area contributed by atoms with Crippen LogP contribution in [0.3, 0.4) is 0 Å². The fourth-order valence-corrected chi connectivity index (χ4v) is 1.58. The molecule has 4 nitrogen and oxygen atoms in total. The van der Waals surface area contributed by atoms with Crippen molar-refractivity contribution in [1.82, 2.24) is 0 Å². The first-order valence-corrected chi connectivity index (χ1v) is 6.72. The summed E-state index contributed by atoms with van der Waals surface area (Å²) in [6.45, 7) is 8.45. The third-order valence-electron chi connectivity index (χ3n) is 3.39. The fraction of sp³-hybridized carbons (Fsp3) is 0.500. The molecule has 1 N–H and O–H groups in total. The molecule has 0 saturated carbocycles. The molecule has 1 rings (SSSR count). The molecule has 1 unspecified atom stereocenters. The molecule has 0 fully saturated rings. The Hall–Kier alpha value is -2.02. The molecule has 0 heterocycles. The summed E-state index contributed by atoms with van der Waals surface area (Å²) in [6.07, 6.45) is 0.479. The Labute approximate surface area is 120 Å². The Kier molecular flexibility index (Phi) is 5.57. The molecule has 1 atom stereocenters. The summed E-state index contributed by atoms with van der Waals surface area (Å²) in [7, 11) is 0. The maximum absolute atomic E-state index is 12.0. The topological polar surface area (TPSA) is 62.1 Å². The lowest BCUT2D eigenvalue weighted by molar-refractivity contribution is -0.117. The molecule has 0 aliphatic rings. The zero-order chi connectivity index (χ0) is 15.2. The first kappa shape index (κ1) is 16.0. The zero-order valence-corrected chi connectivity index (χ0v) is 12.6. The van der Waals surface area contributed by atoms with Gasteiger partial charge in [0.2, 0.25) is 5.91 Å². The van der Waals surface area contributed by atoms with E-state index < -0.39 is 0 Å². The van der Waals surface area contributed by atoms with Crippen molar-refractivity contribution < 1.29 is 9.53 Å². The summed E-state index contributed by atoms with van der Waals surface area (Å²) < 4.78 is 5.20. The minimum Gasteiger partial charge on any atom is -0.479 e. The molecule has 1 aromatic carbocycles. The fourth-order valence-electron chi connectivity index (χ4n) is 1.58. The molecule has 0 radical (unpaired) electrons. The number of hydrogen-bond donors (Lipinski definition) is 1.